The van der Waals surface area contributed by atoms with Crippen molar-refractivity contribution < 1.29 is 33.7 Å². The van der Waals surface area contributed by atoms with E-state index in [1.165, 1.54) is 12.1 Å². The summed E-state index contributed by atoms with van der Waals surface area (Å²) in [7, 11) is 0. The fraction of sp³-hybridized carbons (Fsp3) is 0.400. The number of nitrogens with zero attached hydrogens (tertiary/aromatic N) is 3. The predicted molar refractivity (Wildman–Crippen MR) is 164 cm³/mol. The van der Waals surface area contributed by atoms with E-state index in [4.69, 9.17) is 4.84 Å². The summed E-state index contributed by atoms with van der Waals surface area (Å²) >= 11 is 0. The highest BCUT2D eigenvalue weighted by molar-refractivity contribution is 6.07. The zero-order valence-electron chi connectivity index (χ0n) is 26.3. The maximum absolute atomic E-state index is 14.0. The van der Waals surface area contributed by atoms with E-state index in [1.54, 1.807) is 36.4 Å². The Labute approximate surface area is 266 Å². The van der Waals surface area contributed by atoms with Crippen molar-refractivity contribution in [3.05, 3.63) is 97.9 Å². The first-order chi connectivity index (χ1) is 21.6. The van der Waals surface area contributed by atoms with Crippen molar-refractivity contribution in [2.45, 2.75) is 78.7 Å². The molecule has 46 heavy (non-hydrogen) atoms. The van der Waals surface area contributed by atoms with Crippen LogP contribution < -0.4 is 0 Å². The Morgan fingerprint density at radius 1 is 0.804 bits per heavy atom. The van der Waals surface area contributed by atoms with E-state index in [-0.39, 0.29) is 46.5 Å². The number of carbonyl (C=O) groups excluding carboxylic acids is 5. The van der Waals surface area contributed by atoms with Crippen molar-refractivity contribution in [2.24, 2.45) is 10.8 Å². The summed E-state index contributed by atoms with van der Waals surface area (Å²) in [5.41, 5.74) is 3.69. The van der Waals surface area contributed by atoms with Crippen LogP contribution >= 0.6 is 0 Å². The Bertz CT molecular complexity index is 1700. The third kappa shape index (κ3) is 5.65. The van der Waals surface area contributed by atoms with Gasteiger partial charge in [0.05, 0.1) is 10.5 Å². The monoisotopic (exact) mass is 625 g/mol. The average molecular weight is 626 g/mol. The van der Waals surface area contributed by atoms with Gasteiger partial charge in [-0.25, -0.2) is 4.79 Å². The van der Waals surface area contributed by atoms with Crippen LogP contribution in [0.1, 0.15) is 93.6 Å². The second-order valence-corrected chi connectivity index (χ2v) is 14.1. The van der Waals surface area contributed by atoms with E-state index in [0.29, 0.717) is 54.0 Å². The molecule has 11 nitrogen and oxygen atoms in total. The number of benzene rings is 2. The van der Waals surface area contributed by atoms with Crippen LogP contribution in [0.5, 0.6) is 0 Å². The SMILES string of the molecule is CC1(C)CC(=O)C2=C(C1)N(Cc1ccc(C(=O)ON3C(=O)CCC3=O)cc1)C1=C(C(=O)CC(C)(C)C1)C2c1ccc([N+](=O)[O-])cc1. The van der Waals surface area contributed by atoms with E-state index in [9.17, 15) is 34.1 Å². The molecule has 0 unspecified atom stereocenters. The molecule has 6 rings (SSSR count). The first kappa shape index (κ1) is 31.1. The average Bonchev–Trinajstić information content (AvgIpc) is 3.29. The fourth-order valence-corrected chi connectivity index (χ4v) is 7.08. The summed E-state index contributed by atoms with van der Waals surface area (Å²) in [5.74, 6) is -2.66. The number of allylic oxidation sites excluding steroid dienone is 4. The molecule has 11 heteroatoms. The van der Waals surface area contributed by atoms with Crippen molar-refractivity contribution in [3.63, 3.8) is 0 Å². The van der Waals surface area contributed by atoms with Crippen LogP contribution in [0.4, 0.5) is 5.69 Å². The van der Waals surface area contributed by atoms with E-state index >= 15 is 0 Å². The third-order valence-corrected chi connectivity index (χ3v) is 9.17. The highest BCUT2D eigenvalue weighted by Crippen LogP contribution is 2.54. The number of hydrogen-bond acceptors (Lipinski definition) is 9. The number of amides is 2. The molecule has 0 saturated carbocycles. The van der Waals surface area contributed by atoms with Gasteiger partial charge in [0.2, 0.25) is 0 Å². The Morgan fingerprint density at radius 3 is 1.78 bits per heavy atom. The summed E-state index contributed by atoms with van der Waals surface area (Å²) < 4.78 is 0. The molecule has 4 aliphatic rings. The summed E-state index contributed by atoms with van der Waals surface area (Å²) in [4.78, 5) is 82.5. The van der Waals surface area contributed by atoms with Gasteiger partial charge in [-0.05, 0) is 46.9 Å². The maximum atomic E-state index is 14.0. The zero-order valence-corrected chi connectivity index (χ0v) is 26.3. The number of Topliss-reactive ketones (excluding diaryl/α,β-unsaturated/α-hetero) is 2. The van der Waals surface area contributed by atoms with Gasteiger partial charge in [-0.15, -0.1) is 5.06 Å². The molecule has 2 aliphatic carbocycles. The van der Waals surface area contributed by atoms with Crippen molar-refractivity contribution in [3.8, 4) is 0 Å². The molecule has 1 fully saturated rings. The summed E-state index contributed by atoms with van der Waals surface area (Å²) in [6.07, 6.45) is 1.80. The van der Waals surface area contributed by atoms with Crippen molar-refractivity contribution >= 4 is 35.0 Å². The normalized spacial score (nSPS) is 21.0. The number of hydrogen-bond donors (Lipinski definition) is 0. The van der Waals surface area contributed by atoms with Crippen LogP contribution in [0.2, 0.25) is 0 Å². The van der Waals surface area contributed by atoms with Gasteiger partial charge >= 0.3 is 5.97 Å². The molecular weight excluding hydrogens is 590 g/mol. The Hall–Kier alpha value is -4.93. The Balaban J connectivity index is 1.41. The number of ketones is 2. The molecule has 0 radical (unpaired) electrons. The van der Waals surface area contributed by atoms with Gasteiger partial charge in [-0.2, -0.15) is 0 Å². The first-order valence-electron chi connectivity index (χ1n) is 15.4. The largest absolute Gasteiger partial charge is 0.363 e. The second kappa shape index (κ2) is 11.1. The number of nitro benzene ring substituents is 1. The van der Waals surface area contributed by atoms with Crippen LogP contribution in [-0.4, -0.2) is 44.2 Å². The number of imide groups is 1. The van der Waals surface area contributed by atoms with Crippen LogP contribution in [-0.2, 0) is 30.6 Å². The molecule has 0 bridgehead atoms. The van der Waals surface area contributed by atoms with Gasteiger partial charge in [0.1, 0.15) is 0 Å². The molecule has 2 heterocycles. The number of carbonyl (C=O) groups is 5. The lowest BCUT2D eigenvalue weighted by Gasteiger charge is -2.49. The standard InChI is InChI=1S/C35H35N3O8/c1-34(2)15-24-31(26(39)17-34)30(21-9-11-23(12-10-21)38(44)45)32-25(16-35(3,4)18-27(32)40)36(24)19-20-5-7-22(8-6-20)33(43)46-37-28(41)13-14-29(37)42/h5-12,30H,13-19H2,1-4H3. The Morgan fingerprint density at radius 2 is 1.30 bits per heavy atom. The van der Waals surface area contributed by atoms with Crippen LogP contribution in [0.3, 0.4) is 0 Å². The van der Waals surface area contributed by atoms with Gasteiger partial charge < -0.3 is 9.74 Å². The zero-order chi connectivity index (χ0) is 33.1. The molecule has 0 N–H and O–H groups in total. The molecule has 2 aromatic rings. The van der Waals surface area contributed by atoms with Crippen molar-refractivity contribution in [2.75, 3.05) is 0 Å². The molecule has 2 amide bonds. The molecule has 0 atom stereocenters. The number of nitro groups is 1. The lowest BCUT2D eigenvalue weighted by molar-refractivity contribution is -0.384. The quantitative estimate of drug-likeness (QED) is 0.224. The van der Waals surface area contributed by atoms with Crippen LogP contribution in [0, 0.1) is 20.9 Å². The highest BCUT2D eigenvalue weighted by atomic mass is 16.7. The van der Waals surface area contributed by atoms with E-state index < -0.39 is 28.6 Å². The van der Waals surface area contributed by atoms with E-state index in [0.717, 1.165) is 17.0 Å². The molecule has 0 aromatic heterocycles. The summed E-state index contributed by atoms with van der Waals surface area (Å²) in [5, 5.41) is 11.9. The third-order valence-electron chi connectivity index (χ3n) is 9.17. The predicted octanol–water partition coefficient (Wildman–Crippen LogP) is 5.70. The van der Waals surface area contributed by atoms with Gasteiger partial charge in [0, 0.05) is 72.8 Å². The molecule has 238 valence electrons. The highest BCUT2D eigenvalue weighted by Gasteiger charge is 2.49. The van der Waals surface area contributed by atoms with E-state index in [2.05, 4.69) is 4.90 Å². The topological polar surface area (TPSA) is 144 Å². The molecular formula is C35H35N3O8. The number of hydroxylamine groups is 2. The van der Waals surface area contributed by atoms with Gasteiger partial charge in [0.25, 0.3) is 17.5 Å². The molecule has 0 spiro atoms. The van der Waals surface area contributed by atoms with Gasteiger partial charge in [0.15, 0.2) is 11.6 Å². The number of rotatable bonds is 6. The van der Waals surface area contributed by atoms with E-state index in [1.807, 2.05) is 27.7 Å². The minimum Gasteiger partial charge on any atom is -0.343 e. The molecule has 2 aliphatic heterocycles. The minimum absolute atomic E-state index is 0.000230. The van der Waals surface area contributed by atoms with Crippen molar-refractivity contribution in [1.82, 2.24) is 9.96 Å². The Kier molecular flexibility index (Phi) is 7.53. The maximum Gasteiger partial charge on any atom is 0.363 e. The van der Waals surface area contributed by atoms with Crippen LogP contribution in [0.15, 0.2) is 71.1 Å². The van der Waals surface area contributed by atoms with Gasteiger partial charge in [-0.3, -0.25) is 29.3 Å². The van der Waals surface area contributed by atoms with Gasteiger partial charge in [-0.1, -0.05) is 52.0 Å². The smallest absolute Gasteiger partial charge is 0.343 e. The minimum atomic E-state index is -0.826. The lowest BCUT2D eigenvalue weighted by atomic mass is 9.63. The fourth-order valence-electron chi connectivity index (χ4n) is 7.08. The lowest BCUT2D eigenvalue weighted by Crippen LogP contribution is -2.44. The summed E-state index contributed by atoms with van der Waals surface area (Å²) in [6, 6.07) is 12.7. The van der Waals surface area contributed by atoms with Crippen LogP contribution in [0.25, 0.3) is 0 Å². The first-order valence-corrected chi connectivity index (χ1v) is 15.4. The number of non-ortho nitro benzene ring substituents is 1. The molecule has 2 aromatic carbocycles. The summed E-state index contributed by atoms with van der Waals surface area (Å²) in [6.45, 7) is 8.51. The molecule has 1 saturated heterocycles. The van der Waals surface area contributed by atoms with Crippen molar-refractivity contribution in [1.29, 1.82) is 0 Å². The second-order valence-electron chi connectivity index (χ2n) is 14.1.